The summed E-state index contributed by atoms with van der Waals surface area (Å²) in [6.07, 6.45) is -3.60. The van der Waals surface area contributed by atoms with Crippen LogP contribution in [-0.4, -0.2) is 96.2 Å². The van der Waals surface area contributed by atoms with E-state index in [4.69, 9.17) is 4.74 Å². The Labute approximate surface area is 234 Å². The van der Waals surface area contributed by atoms with Gasteiger partial charge in [-0.25, -0.2) is 8.42 Å². The van der Waals surface area contributed by atoms with E-state index in [1.165, 1.54) is 12.8 Å². The molecule has 0 saturated carbocycles. The van der Waals surface area contributed by atoms with Gasteiger partial charge in [-0.05, 0) is 17.3 Å². The molecule has 43 heavy (non-hydrogen) atoms. The number of carbonyl (C=O) groups excluding carboxylic acids is 1. The second kappa shape index (κ2) is 13.6. The minimum absolute atomic E-state index is 0.345. The van der Waals surface area contributed by atoms with Crippen molar-refractivity contribution in [2.24, 2.45) is 0 Å². The molecule has 258 valence electrons. The molecule has 1 rings (SSSR count). The number of hydrogen-bond donors (Lipinski definition) is 0. The number of ketones is 1. The van der Waals surface area contributed by atoms with E-state index in [1.807, 2.05) is 0 Å². The average molecular weight is 716 g/mol. The molecule has 0 unspecified atom stereocenters. The number of hydrogen-bond acceptors (Lipinski definition) is 5. The van der Waals surface area contributed by atoms with E-state index in [0.29, 0.717) is 16.7 Å². The molecule has 0 bridgehead atoms. The highest BCUT2D eigenvalue weighted by atomic mass is 32.2. The smallest absolute Gasteiger partial charge is 0.460 e. The molecular formula is C19H21F17O5S2. The van der Waals surface area contributed by atoms with Gasteiger partial charge in [0.1, 0.15) is 11.5 Å². The molecule has 24 heteroatoms. The summed E-state index contributed by atoms with van der Waals surface area (Å²) in [5, 5.41) is -7.95. The number of ether oxygens (including phenoxy) is 1. The highest BCUT2D eigenvalue weighted by Gasteiger charge is 2.95. The zero-order valence-electron chi connectivity index (χ0n) is 21.1. The fourth-order valence-electron chi connectivity index (χ4n) is 2.88. The van der Waals surface area contributed by atoms with Crippen LogP contribution in [0.15, 0.2) is 0 Å². The van der Waals surface area contributed by atoms with Gasteiger partial charge in [0.05, 0.1) is 13.2 Å². The van der Waals surface area contributed by atoms with Crippen LogP contribution in [0.5, 0.6) is 0 Å². The van der Waals surface area contributed by atoms with Gasteiger partial charge in [-0.15, -0.1) is 0 Å². The summed E-state index contributed by atoms with van der Waals surface area (Å²) >= 11 is 0. The Morgan fingerprint density at radius 2 is 1.05 bits per heavy atom. The first kappa shape index (κ1) is 41.7. The monoisotopic (exact) mass is 716 g/mol. The van der Waals surface area contributed by atoms with Crippen molar-refractivity contribution in [3.8, 4) is 0 Å². The van der Waals surface area contributed by atoms with Crippen molar-refractivity contribution in [3.63, 3.8) is 0 Å². The van der Waals surface area contributed by atoms with E-state index in [-0.39, 0.29) is 0 Å². The number of alkyl halides is 17. The van der Waals surface area contributed by atoms with Crippen LogP contribution in [0.1, 0.15) is 32.6 Å². The molecule has 0 spiro atoms. The quantitative estimate of drug-likeness (QED) is 0.0971. The van der Waals surface area contributed by atoms with Crippen molar-refractivity contribution >= 4 is 26.8 Å². The van der Waals surface area contributed by atoms with E-state index in [1.54, 1.807) is 0 Å². The van der Waals surface area contributed by atoms with E-state index in [9.17, 15) is 92.4 Å². The van der Waals surface area contributed by atoms with Gasteiger partial charge in [-0.1, -0.05) is 19.8 Å². The minimum Gasteiger partial charge on any atom is -0.743 e. The first-order chi connectivity index (χ1) is 18.8. The van der Waals surface area contributed by atoms with Crippen LogP contribution < -0.4 is 0 Å². The van der Waals surface area contributed by atoms with Crippen molar-refractivity contribution in [3.05, 3.63) is 0 Å². The highest BCUT2D eigenvalue weighted by Crippen LogP contribution is 2.64. The fourth-order valence-corrected chi connectivity index (χ4v) is 5.12. The van der Waals surface area contributed by atoms with E-state index in [0.717, 1.165) is 43.3 Å². The predicted octanol–water partition coefficient (Wildman–Crippen LogP) is 6.28. The lowest BCUT2D eigenvalue weighted by Gasteiger charge is -2.42. The molecule has 0 amide bonds. The van der Waals surface area contributed by atoms with Crippen LogP contribution in [-0.2, 0) is 30.5 Å². The lowest BCUT2D eigenvalue weighted by molar-refractivity contribution is -0.458. The highest BCUT2D eigenvalue weighted by molar-refractivity contribution is 7.97. The predicted molar refractivity (Wildman–Crippen MR) is 112 cm³/mol. The van der Waals surface area contributed by atoms with E-state index < -0.39 is 57.1 Å². The lowest BCUT2D eigenvalue weighted by Crippen LogP contribution is -2.75. The molecule has 0 aliphatic carbocycles. The molecule has 5 nitrogen and oxygen atoms in total. The third kappa shape index (κ3) is 7.93. The molecule has 0 N–H and O–H groups in total. The van der Waals surface area contributed by atoms with Crippen LogP contribution >= 0.6 is 0 Å². The van der Waals surface area contributed by atoms with E-state index in [2.05, 4.69) is 6.92 Å². The molecule has 1 aliphatic heterocycles. The summed E-state index contributed by atoms with van der Waals surface area (Å²) in [5.41, 5.74) is 0. The molecule has 0 aromatic carbocycles. The molecule has 0 aromatic heterocycles. The van der Waals surface area contributed by atoms with Gasteiger partial charge in [-0.2, -0.15) is 74.6 Å². The van der Waals surface area contributed by atoms with Gasteiger partial charge in [0.25, 0.3) is 0 Å². The standard InChI is InChI=1S/C11H21O2S.C8HF17O3S/c1-2-3-4-5-11(12)10-14-8-6-13-7-9-14;9-1(10,3(13,14)5(17,18)7(21,22)23)2(11,12)4(15,16)6(19,20)8(24,25)29(26,27)28/h2-10H2,1H3;(H,26,27,28)/q+1;/p-1. The van der Waals surface area contributed by atoms with Crippen molar-refractivity contribution < 1.29 is 97.1 Å². The summed E-state index contributed by atoms with van der Waals surface area (Å²) in [5.74, 6) is -48.6. The third-order valence-electron chi connectivity index (χ3n) is 5.46. The normalized spacial score (nSPS) is 17.4. The Balaban J connectivity index is 0.00000104. The molecule has 0 atom stereocenters. The van der Waals surface area contributed by atoms with Gasteiger partial charge in [0, 0.05) is 6.42 Å². The maximum atomic E-state index is 13.0. The lowest BCUT2D eigenvalue weighted by atomic mass is 9.91. The Morgan fingerprint density at radius 1 is 0.674 bits per heavy atom. The number of halogens is 17. The van der Waals surface area contributed by atoms with Crippen LogP contribution in [0.3, 0.4) is 0 Å². The Bertz CT molecular complexity index is 1040. The fraction of sp³-hybridized carbons (Fsp3) is 0.947. The van der Waals surface area contributed by atoms with Gasteiger partial charge >= 0.3 is 47.0 Å². The number of carbonyl (C=O) groups is 1. The maximum absolute atomic E-state index is 13.0. The molecule has 0 aromatic rings. The van der Waals surface area contributed by atoms with Gasteiger partial charge in [0.2, 0.25) is 0 Å². The first-order valence-electron chi connectivity index (χ1n) is 11.2. The Hall–Kier alpha value is -1.30. The zero-order valence-corrected chi connectivity index (χ0v) is 22.8. The second-order valence-corrected chi connectivity index (χ2v) is 12.4. The molecule has 1 heterocycles. The van der Waals surface area contributed by atoms with Crippen LogP contribution in [0, 0.1) is 0 Å². The topological polar surface area (TPSA) is 83.5 Å². The zero-order chi connectivity index (χ0) is 34.7. The number of Topliss-reactive ketones (excluding diaryl/α,β-unsaturated/α-hetero) is 1. The summed E-state index contributed by atoms with van der Waals surface area (Å²) < 4.78 is 249. The summed E-state index contributed by atoms with van der Waals surface area (Å²) in [6, 6.07) is 0. The van der Waals surface area contributed by atoms with Gasteiger partial charge in [-0.3, -0.25) is 4.79 Å². The molecule has 0 radical (unpaired) electrons. The summed E-state index contributed by atoms with van der Waals surface area (Å²) in [7, 11) is -7.80. The van der Waals surface area contributed by atoms with Gasteiger partial charge in [0.15, 0.2) is 21.7 Å². The molecule has 1 saturated heterocycles. The second-order valence-electron chi connectivity index (χ2n) is 8.69. The summed E-state index contributed by atoms with van der Waals surface area (Å²) in [6.45, 7) is 3.90. The number of rotatable bonds is 13. The van der Waals surface area contributed by atoms with E-state index >= 15 is 0 Å². The average Bonchev–Trinajstić information content (AvgIpc) is 2.83. The largest absolute Gasteiger partial charge is 0.743 e. The molecule has 1 fully saturated rings. The van der Waals surface area contributed by atoms with Crippen molar-refractivity contribution in [1.82, 2.24) is 0 Å². The maximum Gasteiger partial charge on any atom is 0.460 e. The third-order valence-corrected chi connectivity index (χ3v) is 8.57. The first-order valence-corrected chi connectivity index (χ1v) is 14.4. The van der Waals surface area contributed by atoms with Crippen LogP contribution in [0.4, 0.5) is 74.6 Å². The van der Waals surface area contributed by atoms with Crippen molar-refractivity contribution in [2.45, 2.75) is 79.6 Å². The molecular weight excluding hydrogens is 695 g/mol. The van der Waals surface area contributed by atoms with Crippen molar-refractivity contribution in [1.29, 1.82) is 0 Å². The molecule has 1 aliphatic rings. The van der Waals surface area contributed by atoms with Crippen molar-refractivity contribution in [2.75, 3.05) is 30.5 Å². The van der Waals surface area contributed by atoms with Crippen LogP contribution in [0.25, 0.3) is 0 Å². The minimum atomic E-state index is -8.92. The van der Waals surface area contributed by atoms with Gasteiger partial charge < -0.3 is 9.29 Å². The Morgan fingerprint density at radius 3 is 1.40 bits per heavy atom. The summed E-state index contributed by atoms with van der Waals surface area (Å²) in [4.78, 5) is 11.6. The number of unbranched alkanes of at least 4 members (excludes halogenated alkanes) is 2. The van der Waals surface area contributed by atoms with Crippen LogP contribution in [0.2, 0.25) is 0 Å². The SMILES string of the molecule is CCCCCC(=O)C[S+]1CCOCC1.O=S(=O)([O-])C(F)(F)C(F)(F)C(F)(F)C(F)(F)C(F)(F)C(F)(F)C(F)(F)C(F)(F)F. The Kier molecular flexibility index (Phi) is 13.2.